The van der Waals surface area contributed by atoms with Gasteiger partial charge in [0.15, 0.2) is 11.5 Å². The maximum Gasteiger partial charge on any atom is 0.166 e. The summed E-state index contributed by atoms with van der Waals surface area (Å²) in [5.74, 6) is 0.474. The molecule has 0 amide bonds. The van der Waals surface area contributed by atoms with E-state index in [0.29, 0.717) is 35.5 Å². The maximum absolute atomic E-state index is 13.9. The van der Waals surface area contributed by atoms with E-state index in [1.54, 1.807) is 0 Å². The molecule has 1 aromatic rings. The molecule has 0 radical (unpaired) electrons. The summed E-state index contributed by atoms with van der Waals surface area (Å²) in [7, 11) is 2.97. The first-order chi connectivity index (χ1) is 8.19. The molecular formula is C13H17FO3. The van der Waals surface area contributed by atoms with Crippen molar-refractivity contribution in [2.75, 3.05) is 14.2 Å². The zero-order valence-corrected chi connectivity index (χ0v) is 10.1. The summed E-state index contributed by atoms with van der Waals surface area (Å²) in [6.07, 6.45) is 2.37. The van der Waals surface area contributed by atoms with E-state index in [-0.39, 0.29) is 5.82 Å². The number of aliphatic hydroxyl groups excluding tert-OH is 1. The normalized spacial score (nSPS) is 19.4. The molecule has 1 atom stereocenters. The van der Waals surface area contributed by atoms with Crippen LogP contribution in [0.5, 0.6) is 11.5 Å². The van der Waals surface area contributed by atoms with Gasteiger partial charge in [-0.05, 0) is 24.8 Å². The fourth-order valence-electron chi connectivity index (χ4n) is 2.42. The molecule has 0 saturated heterocycles. The van der Waals surface area contributed by atoms with Gasteiger partial charge in [0.1, 0.15) is 5.82 Å². The van der Waals surface area contributed by atoms with Crippen molar-refractivity contribution in [3.63, 3.8) is 0 Å². The molecule has 0 heterocycles. The molecule has 1 N–H and O–H groups in total. The first kappa shape index (κ1) is 12.2. The fraction of sp³-hybridized carbons (Fsp3) is 0.538. The van der Waals surface area contributed by atoms with Crippen molar-refractivity contribution in [2.45, 2.75) is 31.8 Å². The van der Waals surface area contributed by atoms with Crippen LogP contribution in [-0.2, 0) is 6.42 Å². The number of halogens is 1. The zero-order valence-electron chi connectivity index (χ0n) is 10.1. The third-order valence-corrected chi connectivity index (χ3v) is 3.25. The minimum atomic E-state index is -0.674. The molecule has 1 aliphatic rings. The Morgan fingerprint density at radius 2 is 2.06 bits per heavy atom. The Balaban J connectivity index is 2.64. The molecule has 0 saturated carbocycles. The van der Waals surface area contributed by atoms with E-state index < -0.39 is 6.10 Å². The van der Waals surface area contributed by atoms with Gasteiger partial charge in [-0.25, -0.2) is 4.39 Å². The minimum Gasteiger partial charge on any atom is -0.493 e. The van der Waals surface area contributed by atoms with E-state index in [4.69, 9.17) is 9.47 Å². The molecule has 2 rings (SSSR count). The van der Waals surface area contributed by atoms with Gasteiger partial charge >= 0.3 is 0 Å². The lowest BCUT2D eigenvalue weighted by Crippen LogP contribution is -2.06. The number of fused-ring (bicyclic) bond motifs is 1. The molecule has 0 aromatic heterocycles. The third kappa shape index (κ3) is 2.09. The molecule has 1 aromatic carbocycles. The van der Waals surface area contributed by atoms with Crippen LogP contribution in [0.1, 0.15) is 36.5 Å². The van der Waals surface area contributed by atoms with Crippen molar-refractivity contribution in [3.8, 4) is 11.5 Å². The summed E-state index contributed by atoms with van der Waals surface area (Å²) in [5, 5.41) is 10.1. The molecule has 0 spiro atoms. The highest BCUT2D eigenvalue weighted by Crippen LogP contribution is 2.42. The van der Waals surface area contributed by atoms with Gasteiger partial charge in [0.2, 0.25) is 0 Å². The van der Waals surface area contributed by atoms with Crippen molar-refractivity contribution in [3.05, 3.63) is 23.0 Å². The predicted molar refractivity (Wildman–Crippen MR) is 62.0 cm³/mol. The number of rotatable bonds is 2. The van der Waals surface area contributed by atoms with Crippen LogP contribution >= 0.6 is 0 Å². The molecule has 17 heavy (non-hydrogen) atoms. The number of methoxy groups -OCH3 is 2. The van der Waals surface area contributed by atoms with Crippen molar-refractivity contribution < 1.29 is 19.0 Å². The van der Waals surface area contributed by atoms with Crippen LogP contribution in [0.25, 0.3) is 0 Å². The highest BCUT2D eigenvalue weighted by atomic mass is 19.1. The Hall–Kier alpha value is -1.29. The Bertz CT molecular complexity index is 418. The van der Waals surface area contributed by atoms with E-state index in [0.717, 1.165) is 12.8 Å². The van der Waals surface area contributed by atoms with Gasteiger partial charge in [-0.3, -0.25) is 0 Å². The Morgan fingerprint density at radius 1 is 1.29 bits per heavy atom. The summed E-state index contributed by atoms with van der Waals surface area (Å²) in [5.41, 5.74) is 1.12. The number of ether oxygens (including phenoxy) is 2. The molecule has 0 aliphatic heterocycles. The van der Waals surface area contributed by atoms with Crippen molar-refractivity contribution >= 4 is 0 Å². The quantitative estimate of drug-likeness (QED) is 0.807. The number of hydrogen-bond donors (Lipinski definition) is 1. The lowest BCUT2D eigenvalue weighted by atomic mass is 9.98. The SMILES string of the molecule is COc1cc(F)c2c(c1OC)[C@H](O)CCCC2. The standard InChI is InChI=1S/C13H17FO3/c1-16-11-7-9(14)8-5-3-4-6-10(15)12(8)13(11)17-2/h7,10,15H,3-6H2,1-2H3/t10-/m1/s1. The Labute approximate surface area is 100 Å². The van der Waals surface area contributed by atoms with Crippen LogP contribution in [0.2, 0.25) is 0 Å². The second kappa shape index (κ2) is 4.92. The topological polar surface area (TPSA) is 38.7 Å². The third-order valence-electron chi connectivity index (χ3n) is 3.25. The van der Waals surface area contributed by atoms with E-state index in [1.165, 1.54) is 20.3 Å². The van der Waals surface area contributed by atoms with Crippen molar-refractivity contribution in [1.29, 1.82) is 0 Å². The summed E-state index contributed by atoms with van der Waals surface area (Å²) in [4.78, 5) is 0. The number of aliphatic hydroxyl groups is 1. The molecular weight excluding hydrogens is 223 g/mol. The van der Waals surface area contributed by atoms with Crippen LogP contribution in [-0.4, -0.2) is 19.3 Å². The maximum atomic E-state index is 13.9. The smallest absolute Gasteiger partial charge is 0.166 e. The molecule has 0 bridgehead atoms. The molecule has 1 aliphatic carbocycles. The average Bonchev–Trinajstić information content (AvgIpc) is 2.52. The first-order valence-corrected chi connectivity index (χ1v) is 5.80. The van der Waals surface area contributed by atoms with Gasteiger partial charge in [0, 0.05) is 11.6 Å². The van der Waals surface area contributed by atoms with Crippen LogP contribution < -0.4 is 9.47 Å². The average molecular weight is 240 g/mol. The molecule has 0 fully saturated rings. The summed E-state index contributed by atoms with van der Waals surface area (Å²) < 4.78 is 24.3. The zero-order chi connectivity index (χ0) is 12.4. The van der Waals surface area contributed by atoms with Crippen molar-refractivity contribution in [2.24, 2.45) is 0 Å². The van der Waals surface area contributed by atoms with Crippen LogP contribution in [0.3, 0.4) is 0 Å². The van der Waals surface area contributed by atoms with Gasteiger partial charge in [0.25, 0.3) is 0 Å². The lowest BCUT2D eigenvalue weighted by Gasteiger charge is -2.19. The largest absolute Gasteiger partial charge is 0.493 e. The predicted octanol–water partition coefficient (Wildman–Crippen LogP) is 2.60. The van der Waals surface area contributed by atoms with Gasteiger partial charge < -0.3 is 14.6 Å². The fourth-order valence-corrected chi connectivity index (χ4v) is 2.42. The Kier molecular flexibility index (Phi) is 3.52. The second-order valence-electron chi connectivity index (χ2n) is 4.25. The van der Waals surface area contributed by atoms with E-state index >= 15 is 0 Å². The van der Waals surface area contributed by atoms with E-state index in [2.05, 4.69) is 0 Å². The van der Waals surface area contributed by atoms with Gasteiger partial charge in [-0.15, -0.1) is 0 Å². The van der Waals surface area contributed by atoms with E-state index in [1.807, 2.05) is 0 Å². The van der Waals surface area contributed by atoms with Gasteiger partial charge in [-0.1, -0.05) is 6.42 Å². The number of benzene rings is 1. The van der Waals surface area contributed by atoms with Crippen LogP contribution in [0, 0.1) is 5.82 Å². The Morgan fingerprint density at radius 3 is 2.71 bits per heavy atom. The molecule has 3 nitrogen and oxygen atoms in total. The van der Waals surface area contributed by atoms with Crippen LogP contribution in [0.15, 0.2) is 6.07 Å². The van der Waals surface area contributed by atoms with Crippen molar-refractivity contribution in [1.82, 2.24) is 0 Å². The minimum absolute atomic E-state index is 0.321. The molecule has 0 unspecified atom stereocenters. The van der Waals surface area contributed by atoms with Crippen LogP contribution in [0.4, 0.5) is 4.39 Å². The summed E-state index contributed by atoms with van der Waals surface area (Å²) >= 11 is 0. The summed E-state index contributed by atoms with van der Waals surface area (Å²) in [6.45, 7) is 0. The highest BCUT2D eigenvalue weighted by molar-refractivity contribution is 5.53. The van der Waals surface area contributed by atoms with E-state index in [9.17, 15) is 9.50 Å². The highest BCUT2D eigenvalue weighted by Gasteiger charge is 2.26. The molecule has 94 valence electrons. The first-order valence-electron chi connectivity index (χ1n) is 5.80. The van der Waals surface area contributed by atoms with Gasteiger partial charge in [0.05, 0.1) is 20.3 Å². The molecule has 4 heteroatoms. The monoisotopic (exact) mass is 240 g/mol. The summed E-state index contributed by atoms with van der Waals surface area (Å²) in [6, 6.07) is 1.33. The number of hydrogen-bond acceptors (Lipinski definition) is 3. The van der Waals surface area contributed by atoms with Gasteiger partial charge in [-0.2, -0.15) is 0 Å². The lowest BCUT2D eigenvalue weighted by molar-refractivity contribution is 0.161. The second-order valence-corrected chi connectivity index (χ2v) is 4.25.